The van der Waals surface area contributed by atoms with Crippen LogP contribution in [0.2, 0.25) is 5.02 Å². The third kappa shape index (κ3) is 2.00. The largest absolute Gasteiger partial charge is 0.339 e. The summed E-state index contributed by atoms with van der Waals surface area (Å²) in [6, 6.07) is 18.2. The minimum atomic E-state index is 0.707. The van der Waals surface area contributed by atoms with Crippen LogP contribution in [0, 0.1) is 0 Å². The van der Waals surface area contributed by atoms with Crippen molar-refractivity contribution in [3.05, 3.63) is 83.5 Å². The highest BCUT2D eigenvalue weighted by Crippen LogP contribution is 2.32. The lowest BCUT2D eigenvalue weighted by Gasteiger charge is -2.06. The fraction of sp³-hybridized carbons (Fsp3) is 0. The first kappa shape index (κ1) is 13.1. The molecule has 0 unspecified atom stereocenters. The number of hydrogen-bond acceptors (Lipinski definition) is 1. The molecule has 2 aromatic heterocycles. The first-order valence-electron chi connectivity index (χ1n) is 7.05. The molecule has 0 radical (unpaired) electrons. The number of aromatic nitrogens is 2. The van der Waals surface area contributed by atoms with Gasteiger partial charge in [0.05, 0.1) is 5.02 Å². The van der Waals surface area contributed by atoms with E-state index in [1.54, 1.807) is 6.20 Å². The maximum Gasteiger partial charge on any atom is 0.139 e. The van der Waals surface area contributed by atoms with E-state index in [0.29, 0.717) is 5.02 Å². The summed E-state index contributed by atoms with van der Waals surface area (Å²) in [4.78, 5) is 7.65. The van der Waals surface area contributed by atoms with Crippen molar-refractivity contribution in [1.82, 2.24) is 9.97 Å². The van der Waals surface area contributed by atoms with Crippen LogP contribution in [-0.2, 0) is 0 Å². The number of fused-ring (bicyclic) bond motifs is 3. The van der Waals surface area contributed by atoms with Crippen molar-refractivity contribution in [3.8, 4) is 0 Å². The van der Waals surface area contributed by atoms with Crippen LogP contribution < -0.4 is 0 Å². The number of rotatable bonds is 2. The molecule has 0 bridgehead atoms. The SMILES string of the molecule is C=C(c1ccccc1)c1ccc2[nH]c3nccc(Cl)c3c2c1. The number of nitrogens with zero attached hydrogens (tertiary/aromatic N) is 1. The highest BCUT2D eigenvalue weighted by molar-refractivity contribution is 6.37. The molecule has 22 heavy (non-hydrogen) atoms. The molecule has 0 amide bonds. The summed E-state index contributed by atoms with van der Waals surface area (Å²) in [6.45, 7) is 4.23. The Morgan fingerprint density at radius 2 is 1.82 bits per heavy atom. The number of pyridine rings is 1. The zero-order valence-corrected chi connectivity index (χ0v) is 12.6. The molecule has 3 heteroatoms. The summed E-state index contributed by atoms with van der Waals surface area (Å²) < 4.78 is 0. The molecule has 4 aromatic rings. The summed E-state index contributed by atoms with van der Waals surface area (Å²) in [6.07, 6.45) is 1.71. The molecule has 106 valence electrons. The van der Waals surface area contributed by atoms with E-state index in [2.05, 4.69) is 46.9 Å². The van der Waals surface area contributed by atoms with Crippen LogP contribution in [0.3, 0.4) is 0 Å². The van der Waals surface area contributed by atoms with Crippen molar-refractivity contribution < 1.29 is 0 Å². The second-order valence-corrected chi connectivity index (χ2v) is 5.65. The first-order valence-corrected chi connectivity index (χ1v) is 7.42. The summed E-state index contributed by atoms with van der Waals surface area (Å²) >= 11 is 6.34. The zero-order valence-electron chi connectivity index (χ0n) is 11.8. The predicted molar refractivity (Wildman–Crippen MR) is 93.2 cm³/mol. The van der Waals surface area contributed by atoms with E-state index >= 15 is 0 Å². The van der Waals surface area contributed by atoms with Crippen LogP contribution >= 0.6 is 11.6 Å². The van der Waals surface area contributed by atoms with Crippen molar-refractivity contribution >= 4 is 39.1 Å². The summed E-state index contributed by atoms with van der Waals surface area (Å²) in [5.41, 5.74) is 5.03. The van der Waals surface area contributed by atoms with Crippen molar-refractivity contribution in [3.63, 3.8) is 0 Å². The topological polar surface area (TPSA) is 28.7 Å². The minimum absolute atomic E-state index is 0.707. The number of benzene rings is 2. The van der Waals surface area contributed by atoms with Gasteiger partial charge in [-0.1, -0.05) is 54.6 Å². The molecular weight excluding hydrogens is 292 g/mol. The van der Waals surface area contributed by atoms with Gasteiger partial charge in [-0.25, -0.2) is 4.98 Å². The monoisotopic (exact) mass is 304 g/mol. The summed E-state index contributed by atoms with van der Waals surface area (Å²) in [5.74, 6) is 0. The highest BCUT2D eigenvalue weighted by atomic mass is 35.5. The number of halogens is 1. The maximum absolute atomic E-state index is 6.34. The van der Waals surface area contributed by atoms with Gasteiger partial charge in [0.1, 0.15) is 5.65 Å². The molecule has 0 aliphatic carbocycles. The third-order valence-corrected chi connectivity index (χ3v) is 4.23. The average Bonchev–Trinajstić information content (AvgIpc) is 2.94. The lowest BCUT2D eigenvalue weighted by atomic mass is 9.98. The van der Waals surface area contributed by atoms with Gasteiger partial charge >= 0.3 is 0 Å². The molecule has 0 fully saturated rings. The van der Waals surface area contributed by atoms with Gasteiger partial charge in [-0.15, -0.1) is 0 Å². The molecule has 2 aromatic carbocycles. The Kier molecular flexibility index (Phi) is 2.98. The van der Waals surface area contributed by atoms with Crippen molar-refractivity contribution in [2.75, 3.05) is 0 Å². The lowest BCUT2D eigenvalue weighted by Crippen LogP contribution is -1.85. The van der Waals surface area contributed by atoms with Crippen molar-refractivity contribution in [2.45, 2.75) is 0 Å². The van der Waals surface area contributed by atoms with Crippen molar-refractivity contribution in [2.24, 2.45) is 0 Å². The highest BCUT2D eigenvalue weighted by Gasteiger charge is 2.10. The molecule has 4 rings (SSSR count). The minimum Gasteiger partial charge on any atom is -0.339 e. The Hall–Kier alpha value is -2.58. The van der Waals surface area contributed by atoms with Gasteiger partial charge in [-0.3, -0.25) is 0 Å². The van der Waals surface area contributed by atoms with E-state index in [-0.39, 0.29) is 0 Å². The predicted octanol–water partition coefficient (Wildman–Crippen LogP) is 5.43. The van der Waals surface area contributed by atoms with Crippen LogP contribution in [0.5, 0.6) is 0 Å². The molecule has 2 heterocycles. The molecule has 0 saturated heterocycles. The Morgan fingerprint density at radius 1 is 1.00 bits per heavy atom. The summed E-state index contributed by atoms with van der Waals surface area (Å²) in [5, 5.41) is 2.74. The molecule has 0 atom stereocenters. The average molecular weight is 305 g/mol. The van der Waals surface area contributed by atoms with Gasteiger partial charge in [0.25, 0.3) is 0 Å². The number of aromatic amines is 1. The van der Waals surface area contributed by atoms with E-state index < -0.39 is 0 Å². The molecule has 0 spiro atoms. The fourth-order valence-electron chi connectivity index (χ4n) is 2.77. The molecule has 0 saturated carbocycles. The third-order valence-electron chi connectivity index (χ3n) is 3.91. The Balaban J connectivity index is 1.94. The van der Waals surface area contributed by atoms with E-state index in [1.807, 2.05) is 24.3 Å². The van der Waals surface area contributed by atoms with Crippen molar-refractivity contribution in [1.29, 1.82) is 0 Å². The van der Waals surface area contributed by atoms with E-state index in [1.165, 1.54) is 0 Å². The fourth-order valence-corrected chi connectivity index (χ4v) is 3.02. The van der Waals surface area contributed by atoms with Crippen LogP contribution in [0.1, 0.15) is 11.1 Å². The molecule has 0 aliphatic heterocycles. The quantitative estimate of drug-likeness (QED) is 0.525. The lowest BCUT2D eigenvalue weighted by molar-refractivity contribution is 1.35. The molecule has 1 N–H and O–H groups in total. The normalized spacial score (nSPS) is 11.1. The van der Waals surface area contributed by atoms with E-state index in [9.17, 15) is 0 Å². The zero-order chi connectivity index (χ0) is 15.1. The summed E-state index contributed by atoms with van der Waals surface area (Å²) in [7, 11) is 0. The molecular formula is C19H13ClN2. The second-order valence-electron chi connectivity index (χ2n) is 5.25. The van der Waals surface area contributed by atoms with Gasteiger partial charge in [-0.2, -0.15) is 0 Å². The van der Waals surface area contributed by atoms with Gasteiger partial charge in [0.2, 0.25) is 0 Å². The van der Waals surface area contributed by atoms with Gasteiger partial charge in [-0.05, 0) is 34.9 Å². The second kappa shape index (κ2) is 5.00. The Morgan fingerprint density at radius 3 is 2.64 bits per heavy atom. The maximum atomic E-state index is 6.34. The molecule has 2 nitrogen and oxygen atoms in total. The van der Waals surface area contributed by atoms with Crippen LogP contribution in [0.25, 0.3) is 27.5 Å². The molecule has 0 aliphatic rings. The van der Waals surface area contributed by atoms with E-state index in [4.69, 9.17) is 11.6 Å². The number of hydrogen-bond donors (Lipinski definition) is 1. The first-order chi connectivity index (χ1) is 10.7. The van der Waals surface area contributed by atoms with Crippen LogP contribution in [-0.4, -0.2) is 9.97 Å². The van der Waals surface area contributed by atoms with Crippen LogP contribution in [0.15, 0.2) is 67.4 Å². The Labute approximate surface area is 133 Å². The standard InChI is InChI=1S/C19H13ClN2/c1-12(13-5-3-2-4-6-13)14-7-8-17-15(11-14)18-16(20)9-10-21-19(18)22-17/h2-11H,1H2,(H,21,22). The Bertz CT molecular complexity index is 1000. The van der Waals surface area contributed by atoms with Gasteiger partial charge < -0.3 is 4.98 Å². The van der Waals surface area contributed by atoms with Gasteiger partial charge in [0.15, 0.2) is 0 Å². The number of nitrogens with one attached hydrogen (secondary N) is 1. The smallest absolute Gasteiger partial charge is 0.139 e. The van der Waals surface area contributed by atoms with E-state index in [0.717, 1.165) is 38.6 Å². The van der Waals surface area contributed by atoms with Crippen LogP contribution in [0.4, 0.5) is 0 Å². The number of H-pyrrole nitrogens is 1. The van der Waals surface area contributed by atoms with Gasteiger partial charge in [0, 0.05) is 22.5 Å².